The number of hydrogen-bond acceptors (Lipinski definition) is 6. The molecule has 1 aromatic heterocycles. The maximum Gasteiger partial charge on any atom is 0.282 e. The van der Waals surface area contributed by atoms with Crippen molar-refractivity contribution < 1.29 is 4.79 Å². The van der Waals surface area contributed by atoms with E-state index < -0.39 is 6.04 Å². The number of carbonyl (C=O) groups is 1. The topological polar surface area (TPSA) is 70.3 Å². The van der Waals surface area contributed by atoms with Crippen LogP contribution >= 0.6 is 27.3 Å². The van der Waals surface area contributed by atoms with Crippen molar-refractivity contribution >= 4 is 49.7 Å². The lowest BCUT2D eigenvalue weighted by Crippen LogP contribution is -2.29. The predicted molar refractivity (Wildman–Crippen MR) is 111 cm³/mol. The summed E-state index contributed by atoms with van der Waals surface area (Å²) >= 11 is 4.75. The highest BCUT2D eigenvalue weighted by molar-refractivity contribution is 9.10. The third-order valence-electron chi connectivity index (χ3n) is 3.95. The van der Waals surface area contributed by atoms with Gasteiger partial charge in [-0.3, -0.25) is 4.79 Å². The maximum atomic E-state index is 12.8. The largest absolute Gasteiger partial charge is 0.282 e. The number of anilines is 1. The van der Waals surface area contributed by atoms with Crippen LogP contribution in [0.25, 0.3) is 11.3 Å². The van der Waals surface area contributed by atoms with Gasteiger partial charge in [0.25, 0.3) is 5.91 Å². The maximum absolute atomic E-state index is 12.8. The van der Waals surface area contributed by atoms with Crippen LogP contribution in [0, 0.1) is 0 Å². The van der Waals surface area contributed by atoms with Crippen molar-refractivity contribution in [2.24, 2.45) is 15.3 Å². The molecule has 0 N–H and O–H groups in total. The van der Waals surface area contributed by atoms with Crippen LogP contribution in [0.15, 0.2) is 79.8 Å². The number of hydrogen-bond donors (Lipinski definition) is 0. The van der Waals surface area contributed by atoms with Crippen LogP contribution in [0.1, 0.15) is 6.92 Å². The minimum Gasteiger partial charge on any atom is -0.269 e. The number of hydrazone groups is 1. The Kier molecular flexibility index (Phi) is 4.91. The number of benzene rings is 2. The molecule has 1 atom stereocenters. The van der Waals surface area contributed by atoms with Crippen LogP contribution < -0.4 is 5.01 Å². The van der Waals surface area contributed by atoms with Gasteiger partial charge in [0.05, 0.1) is 17.1 Å². The third-order valence-corrected chi connectivity index (χ3v) is 5.30. The van der Waals surface area contributed by atoms with Gasteiger partial charge in [-0.05, 0) is 31.2 Å². The molecular weight excluding hydrogens is 426 g/mol. The van der Waals surface area contributed by atoms with E-state index in [1.165, 1.54) is 16.3 Å². The molecule has 0 saturated carbocycles. The van der Waals surface area contributed by atoms with Crippen LogP contribution in [-0.4, -0.2) is 22.6 Å². The SMILES string of the molecule is CC1=NN(c2nc(-c3ccccc3)cs2)C(=O)C1N=Nc1ccc(Br)cc1. The number of halogens is 1. The normalized spacial score (nSPS) is 17.0. The molecule has 1 unspecified atom stereocenters. The molecule has 27 heavy (non-hydrogen) atoms. The Labute approximate surface area is 168 Å². The average molecular weight is 440 g/mol. The number of aromatic nitrogens is 1. The molecule has 0 spiro atoms. The quantitative estimate of drug-likeness (QED) is 0.507. The summed E-state index contributed by atoms with van der Waals surface area (Å²) in [5, 5.41) is 16.5. The van der Waals surface area contributed by atoms with Gasteiger partial charge in [-0.15, -0.1) is 11.3 Å². The Balaban J connectivity index is 1.54. The predicted octanol–water partition coefficient (Wildman–Crippen LogP) is 5.45. The highest BCUT2D eigenvalue weighted by Gasteiger charge is 2.36. The highest BCUT2D eigenvalue weighted by Crippen LogP contribution is 2.30. The van der Waals surface area contributed by atoms with Crippen LogP contribution in [0.3, 0.4) is 0 Å². The van der Waals surface area contributed by atoms with E-state index in [0.29, 0.717) is 16.5 Å². The van der Waals surface area contributed by atoms with Gasteiger partial charge in [-0.2, -0.15) is 20.3 Å². The molecule has 1 amide bonds. The average Bonchev–Trinajstić information content (AvgIpc) is 3.27. The Morgan fingerprint density at radius 2 is 1.85 bits per heavy atom. The summed E-state index contributed by atoms with van der Waals surface area (Å²) in [6.07, 6.45) is 0. The number of thiazole rings is 1. The molecule has 0 radical (unpaired) electrons. The van der Waals surface area contributed by atoms with Gasteiger partial charge in [-0.1, -0.05) is 46.3 Å². The molecule has 0 saturated heterocycles. The summed E-state index contributed by atoms with van der Waals surface area (Å²) in [6.45, 7) is 1.77. The number of azo groups is 1. The van der Waals surface area contributed by atoms with Gasteiger partial charge in [0, 0.05) is 15.4 Å². The fourth-order valence-electron chi connectivity index (χ4n) is 2.56. The van der Waals surface area contributed by atoms with E-state index in [1.54, 1.807) is 6.92 Å². The van der Waals surface area contributed by atoms with Gasteiger partial charge >= 0.3 is 0 Å². The first-order valence-electron chi connectivity index (χ1n) is 8.18. The first kappa shape index (κ1) is 17.7. The zero-order valence-corrected chi connectivity index (χ0v) is 16.7. The smallest absolute Gasteiger partial charge is 0.269 e. The van der Waals surface area contributed by atoms with E-state index >= 15 is 0 Å². The molecule has 1 aliphatic rings. The van der Waals surface area contributed by atoms with E-state index in [0.717, 1.165) is 15.7 Å². The molecular formula is C19H14BrN5OS. The van der Waals surface area contributed by atoms with Crippen LogP contribution in [0.2, 0.25) is 0 Å². The first-order chi connectivity index (χ1) is 13.1. The summed E-state index contributed by atoms with van der Waals surface area (Å²) in [6, 6.07) is 16.5. The Bertz CT molecular complexity index is 1030. The second kappa shape index (κ2) is 7.50. The number of carbonyl (C=O) groups excluding carboxylic acids is 1. The minimum absolute atomic E-state index is 0.248. The van der Waals surface area contributed by atoms with Crippen molar-refractivity contribution in [3.63, 3.8) is 0 Å². The number of amides is 1. The first-order valence-corrected chi connectivity index (χ1v) is 9.85. The van der Waals surface area contributed by atoms with Crippen LogP contribution in [0.5, 0.6) is 0 Å². The Hall–Kier alpha value is -2.71. The van der Waals surface area contributed by atoms with Crippen LogP contribution in [-0.2, 0) is 4.79 Å². The van der Waals surface area contributed by atoms with Gasteiger partial charge in [0.1, 0.15) is 0 Å². The van der Waals surface area contributed by atoms with E-state index in [2.05, 4.69) is 36.2 Å². The standard InChI is InChI=1S/C19H14BrN5OS/c1-12-17(23-22-15-9-7-14(20)8-10-15)18(26)25(24-12)19-21-16(11-27-19)13-5-3-2-4-6-13/h2-11,17H,1H3. The molecule has 6 nitrogen and oxygen atoms in total. The Morgan fingerprint density at radius 3 is 2.59 bits per heavy atom. The Morgan fingerprint density at radius 1 is 1.11 bits per heavy atom. The van der Waals surface area contributed by atoms with Crippen LogP contribution in [0.4, 0.5) is 10.8 Å². The summed E-state index contributed by atoms with van der Waals surface area (Å²) in [4.78, 5) is 17.3. The molecule has 1 aliphatic heterocycles. The summed E-state index contributed by atoms with van der Waals surface area (Å²) in [5.41, 5.74) is 3.09. The summed E-state index contributed by atoms with van der Waals surface area (Å²) < 4.78 is 0.959. The molecule has 134 valence electrons. The van der Waals surface area contributed by atoms with E-state index in [1.807, 2.05) is 60.0 Å². The van der Waals surface area contributed by atoms with Crippen molar-refractivity contribution in [3.05, 3.63) is 64.5 Å². The molecule has 0 aliphatic carbocycles. The second-order valence-electron chi connectivity index (χ2n) is 5.87. The monoisotopic (exact) mass is 439 g/mol. The van der Waals surface area contributed by atoms with E-state index in [-0.39, 0.29) is 5.91 Å². The molecule has 0 fully saturated rings. The molecule has 2 aromatic carbocycles. The zero-order chi connectivity index (χ0) is 18.8. The van der Waals surface area contributed by atoms with Gasteiger partial charge in [-0.25, -0.2) is 4.98 Å². The number of rotatable bonds is 4. The van der Waals surface area contributed by atoms with Crippen molar-refractivity contribution in [1.82, 2.24) is 4.98 Å². The van der Waals surface area contributed by atoms with Crippen molar-refractivity contribution in [2.45, 2.75) is 13.0 Å². The summed E-state index contributed by atoms with van der Waals surface area (Å²) in [5.74, 6) is -0.248. The van der Waals surface area contributed by atoms with Crippen molar-refractivity contribution in [3.8, 4) is 11.3 Å². The van der Waals surface area contributed by atoms with E-state index in [9.17, 15) is 4.79 Å². The fraction of sp³-hybridized carbons (Fsp3) is 0.105. The molecule has 8 heteroatoms. The molecule has 0 bridgehead atoms. The molecule has 3 aromatic rings. The number of nitrogens with zero attached hydrogens (tertiary/aromatic N) is 5. The van der Waals surface area contributed by atoms with Crippen molar-refractivity contribution in [2.75, 3.05) is 5.01 Å². The lowest BCUT2D eigenvalue weighted by molar-refractivity contribution is -0.117. The van der Waals surface area contributed by atoms with Gasteiger partial charge in [0.15, 0.2) is 6.04 Å². The summed E-state index contributed by atoms with van der Waals surface area (Å²) in [7, 11) is 0. The minimum atomic E-state index is -0.724. The zero-order valence-electron chi connectivity index (χ0n) is 14.3. The fourth-order valence-corrected chi connectivity index (χ4v) is 3.61. The second-order valence-corrected chi connectivity index (χ2v) is 7.62. The third kappa shape index (κ3) is 3.72. The van der Waals surface area contributed by atoms with Gasteiger partial charge in [0.2, 0.25) is 5.13 Å². The lowest BCUT2D eigenvalue weighted by Gasteiger charge is -2.08. The molecule has 4 rings (SSSR count). The van der Waals surface area contributed by atoms with E-state index in [4.69, 9.17) is 0 Å². The van der Waals surface area contributed by atoms with Crippen molar-refractivity contribution in [1.29, 1.82) is 0 Å². The highest BCUT2D eigenvalue weighted by atomic mass is 79.9. The molecule has 2 heterocycles. The van der Waals surface area contributed by atoms with Gasteiger partial charge < -0.3 is 0 Å². The lowest BCUT2D eigenvalue weighted by atomic mass is 10.2.